The third kappa shape index (κ3) is 5.25. The molecule has 3 heterocycles. The standard InChI is InChI=1S/C24H25N5O2/c30-22-9-5-14-29(22)15-13-26-23-20(24(31)27-17-18-6-4-12-25-16-18)10-11-21(28-23)19-7-2-1-3-8-19/h1-4,6-8,10-12,16H,5,9,13-15,17H2,(H,26,28)(H,27,31). The number of likely N-dealkylation sites (tertiary alicyclic amines) is 1. The highest BCUT2D eigenvalue weighted by Gasteiger charge is 2.20. The van der Waals surface area contributed by atoms with Crippen molar-refractivity contribution in [2.75, 3.05) is 25.0 Å². The highest BCUT2D eigenvalue weighted by molar-refractivity contribution is 5.99. The minimum absolute atomic E-state index is 0.183. The van der Waals surface area contributed by atoms with Gasteiger partial charge in [0.1, 0.15) is 5.82 Å². The zero-order valence-corrected chi connectivity index (χ0v) is 17.3. The van der Waals surface area contributed by atoms with Gasteiger partial charge in [0, 0.05) is 50.6 Å². The van der Waals surface area contributed by atoms with Gasteiger partial charge in [0.05, 0.1) is 11.3 Å². The summed E-state index contributed by atoms with van der Waals surface area (Å²) in [6.45, 7) is 2.29. The van der Waals surface area contributed by atoms with E-state index in [4.69, 9.17) is 4.98 Å². The van der Waals surface area contributed by atoms with Crippen LogP contribution in [0.3, 0.4) is 0 Å². The minimum Gasteiger partial charge on any atom is -0.368 e. The molecule has 3 aromatic rings. The van der Waals surface area contributed by atoms with E-state index >= 15 is 0 Å². The molecule has 0 saturated carbocycles. The lowest BCUT2D eigenvalue weighted by Crippen LogP contribution is -2.31. The fourth-order valence-electron chi connectivity index (χ4n) is 3.58. The summed E-state index contributed by atoms with van der Waals surface area (Å²) in [7, 11) is 0. The Kier molecular flexibility index (Phi) is 6.52. The van der Waals surface area contributed by atoms with E-state index in [1.807, 2.05) is 53.4 Å². The molecule has 0 atom stereocenters. The van der Waals surface area contributed by atoms with Gasteiger partial charge < -0.3 is 15.5 Å². The molecule has 2 amide bonds. The Labute approximate surface area is 181 Å². The van der Waals surface area contributed by atoms with Crippen LogP contribution in [0.25, 0.3) is 11.3 Å². The first kappa shape index (κ1) is 20.5. The lowest BCUT2D eigenvalue weighted by Gasteiger charge is -2.17. The first-order chi connectivity index (χ1) is 15.2. The van der Waals surface area contributed by atoms with Gasteiger partial charge >= 0.3 is 0 Å². The van der Waals surface area contributed by atoms with Crippen LogP contribution in [-0.2, 0) is 11.3 Å². The molecular formula is C24H25N5O2. The molecule has 4 rings (SSSR count). The lowest BCUT2D eigenvalue weighted by molar-refractivity contribution is -0.127. The summed E-state index contributed by atoms with van der Waals surface area (Å²) < 4.78 is 0. The third-order valence-corrected chi connectivity index (χ3v) is 5.23. The predicted molar refractivity (Wildman–Crippen MR) is 119 cm³/mol. The van der Waals surface area contributed by atoms with Crippen LogP contribution in [-0.4, -0.2) is 46.3 Å². The molecule has 2 N–H and O–H groups in total. The zero-order chi connectivity index (χ0) is 21.5. The van der Waals surface area contributed by atoms with E-state index in [0.29, 0.717) is 37.4 Å². The van der Waals surface area contributed by atoms with Crippen LogP contribution in [0.4, 0.5) is 5.82 Å². The number of aromatic nitrogens is 2. The van der Waals surface area contributed by atoms with Crippen molar-refractivity contribution in [3.05, 3.63) is 78.1 Å². The summed E-state index contributed by atoms with van der Waals surface area (Å²) in [4.78, 5) is 35.4. The van der Waals surface area contributed by atoms with Gasteiger partial charge in [-0.15, -0.1) is 0 Å². The molecule has 1 fully saturated rings. The average molecular weight is 415 g/mol. The molecule has 1 aliphatic heterocycles. The van der Waals surface area contributed by atoms with E-state index in [2.05, 4.69) is 15.6 Å². The molecule has 158 valence electrons. The van der Waals surface area contributed by atoms with Crippen LogP contribution in [0.1, 0.15) is 28.8 Å². The molecule has 1 saturated heterocycles. The quantitative estimate of drug-likeness (QED) is 0.590. The number of carbonyl (C=O) groups is 2. The Hall–Kier alpha value is -3.74. The molecule has 0 unspecified atom stereocenters. The van der Waals surface area contributed by atoms with Gasteiger partial charge in [-0.25, -0.2) is 4.98 Å². The maximum absolute atomic E-state index is 12.9. The molecule has 2 aromatic heterocycles. The molecule has 7 nitrogen and oxygen atoms in total. The molecule has 0 aliphatic carbocycles. The topological polar surface area (TPSA) is 87.2 Å². The third-order valence-electron chi connectivity index (χ3n) is 5.23. The van der Waals surface area contributed by atoms with Crippen molar-refractivity contribution in [1.29, 1.82) is 0 Å². The Morgan fingerprint density at radius 3 is 2.68 bits per heavy atom. The van der Waals surface area contributed by atoms with E-state index in [-0.39, 0.29) is 11.8 Å². The molecule has 0 spiro atoms. The number of carbonyl (C=O) groups excluding carboxylic acids is 2. The summed E-state index contributed by atoms with van der Waals surface area (Å²) >= 11 is 0. The highest BCUT2D eigenvalue weighted by Crippen LogP contribution is 2.22. The Balaban J connectivity index is 1.51. The van der Waals surface area contributed by atoms with Gasteiger partial charge in [-0.05, 0) is 30.2 Å². The van der Waals surface area contributed by atoms with E-state index < -0.39 is 0 Å². The number of anilines is 1. The van der Waals surface area contributed by atoms with E-state index in [1.54, 1.807) is 18.5 Å². The number of nitrogens with one attached hydrogen (secondary N) is 2. The Bertz CT molecular complexity index is 1040. The normalized spacial score (nSPS) is 13.3. The molecule has 1 aromatic carbocycles. The summed E-state index contributed by atoms with van der Waals surface area (Å²) in [5, 5.41) is 6.20. The summed E-state index contributed by atoms with van der Waals surface area (Å²) in [6, 6.07) is 17.2. The van der Waals surface area contributed by atoms with Crippen LogP contribution in [0, 0.1) is 0 Å². The van der Waals surface area contributed by atoms with Crippen molar-refractivity contribution >= 4 is 17.6 Å². The van der Waals surface area contributed by atoms with Crippen molar-refractivity contribution in [2.45, 2.75) is 19.4 Å². The SMILES string of the molecule is O=C(NCc1cccnc1)c1ccc(-c2ccccc2)nc1NCCN1CCCC1=O. The number of amides is 2. The van der Waals surface area contributed by atoms with Crippen molar-refractivity contribution in [3.63, 3.8) is 0 Å². The Morgan fingerprint density at radius 2 is 1.94 bits per heavy atom. The van der Waals surface area contributed by atoms with E-state index in [0.717, 1.165) is 29.8 Å². The largest absolute Gasteiger partial charge is 0.368 e. The average Bonchev–Trinajstić information content (AvgIpc) is 3.23. The van der Waals surface area contributed by atoms with Crippen molar-refractivity contribution in [2.24, 2.45) is 0 Å². The van der Waals surface area contributed by atoms with Gasteiger partial charge in [0.25, 0.3) is 5.91 Å². The highest BCUT2D eigenvalue weighted by atomic mass is 16.2. The number of pyridine rings is 2. The summed E-state index contributed by atoms with van der Waals surface area (Å²) in [5.74, 6) is 0.481. The number of nitrogens with zero attached hydrogens (tertiary/aromatic N) is 3. The summed E-state index contributed by atoms with van der Waals surface area (Å²) in [5.41, 5.74) is 3.15. The molecule has 1 aliphatic rings. The number of benzene rings is 1. The molecule has 0 radical (unpaired) electrons. The van der Waals surface area contributed by atoms with Crippen LogP contribution in [0.15, 0.2) is 67.0 Å². The lowest BCUT2D eigenvalue weighted by atomic mass is 10.1. The van der Waals surface area contributed by atoms with Gasteiger partial charge in [-0.1, -0.05) is 36.4 Å². The maximum Gasteiger partial charge on any atom is 0.255 e. The van der Waals surface area contributed by atoms with E-state index in [1.165, 1.54) is 0 Å². The van der Waals surface area contributed by atoms with Crippen molar-refractivity contribution in [1.82, 2.24) is 20.2 Å². The van der Waals surface area contributed by atoms with Crippen LogP contribution >= 0.6 is 0 Å². The van der Waals surface area contributed by atoms with Gasteiger partial charge in [0.15, 0.2) is 0 Å². The van der Waals surface area contributed by atoms with E-state index in [9.17, 15) is 9.59 Å². The minimum atomic E-state index is -0.212. The molecule has 31 heavy (non-hydrogen) atoms. The molecule has 7 heteroatoms. The van der Waals surface area contributed by atoms with Crippen molar-refractivity contribution in [3.8, 4) is 11.3 Å². The van der Waals surface area contributed by atoms with Crippen LogP contribution in [0.2, 0.25) is 0 Å². The fourth-order valence-corrected chi connectivity index (χ4v) is 3.58. The van der Waals surface area contributed by atoms with Gasteiger partial charge in [-0.3, -0.25) is 14.6 Å². The smallest absolute Gasteiger partial charge is 0.255 e. The second-order valence-corrected chi connectivity index (χ2v) is 7.41. The first-order valence-electron chi connectivity index (χ1n) is 10.5. The molecular weight excluding hydrogens is 390 g/mol. The number of rotatable bonds is 8. The second-order valence-electron chi connectivity index (χ2n) is 7.41. The fraction of sp³-hybridized carbons (Fsp3) is 0.250. The molecule has 0 bridgehead atoms. The first-order valence-corrected chi connectivity index (χ1v) is 10.5. The van der Waals surface area contributed by atoms with Crippen LogP contribution in [0.5, 0.6) is 0 Å². The second kappa shape index (κ2) is 9.84. The van der Waals surface area contributed by atoms with Gasteiger partial charge in [0.2, 0.25) is 5.91 Å². The van der Waals surface area contributed by atoms with Crippen molar-refractivity contribution < 1.29 is 9.59 Å². The summed E-state index contributed by atoms with van der Waals surface area (Å²) in [6.07, 6.45) is 4.94. The number of hydrogen-bond acceptors (Lipinski definition) is 5. The van der Waals surface area contributed by atoms with Gasteiger partial charge in [-0.2, -0.15) is 0 Å². The monoisotopic (exact) mass is 415 g/mol. The maximum atomic E-state index is 12.9. The zero-order valence-electron chi connectivity index (χ0n) is 17.3. The Morgan fingerprint density at radius 1 is 1.06 bits per heavy atom. The predicted octanol–water partition coefficient (Wildman–Crippen LogP) is 3.11. The number of hydrogen-bond donors (Lipinski definition) is 2. The van der Waals surface area contributed by atoms with Crippen LogP contribution < -0.4 is 10.6 Å².